The SMILES string of the molecule is C=CCOC(=O)c1cccc2c1C(=O)c1ccccc1C2=O. The Morgan fingerprint density at radius 2 is 1.59 bits per heavy atom. The molecule has 0 aliphatic heterocycles. The second-order valence-electron chi connectivity index (χ2n) is 4.82. The lowest BCUT2D eigenvalue weighted by atomic mass is 9.82. The highest BCUT2D eigenvalue weighted by Crippen LogP contribution is 2.29. The molecule has 4 nitrogen and oxygen atoms in total. The molecule has 1 aliphatic carbocycles. The third kappa shape index (κ3) is 2.05. The van der Waals surface area contributed by atoms with Crippen molar-refractivity contribution in [3.05, 3.63) is 82.9 Å². The summed E-state index contributed by atoms with van der Waals surface area (Å²) in [5.41, 5.74) is 1.12. The maximum Gasteiger partial charge on any atom is 0.339 e. The van der Waals surface area contributed by atoms with Crippen LogP contribution in [0.2, 0.25) is 0 Å². The van der Waals surface area contributed by atoms with Gasteiger partial charge in [0.15, 0.2) is 11.6 Å². The summed E-state index contributed by atoms with van der Waals surface area (Å²) in [5, 5.41) is 0. The van der Waals surface area contributed by atoms with E-state index < -0.39 is 5.97 Å². The van der Waals surface area contributed by atoms with Gasteiger partial charge in [-0.15, -0.1) is 0 Å². The molecule has 108 valence electrons. The Morgan fingerprint density at radius 1 is 0.955 bits per heavy atom. The predicted molar refractivity (Wildman–Crippen MR) is 80.2 cm³/mol. The Kier molecular flexibility index (Phi) is 3.43. The van der Waals surface area contributed by atoms with Gasteiger partial charge in [-0.1, -0.05) is 49.1 Å². The van der Waals surface area contributed by atoms with Crippen LogP contribution in [0.3, 0.4) is 0 Å². The van der Waals surface area contributed by atoms with E-state index in [0.717, 1.165) is 0 Å². The zero-order valence-corrected chi connectivity index (χ0v) is 11.7. The van der Waals surface area contributed by atoms with Gasteiger partial charge < -0.3 is 4.74 Å². The summed E-state index contributed by atoms with van der Waals surface area (Å²) in [4.78, 5) is 37.3. The van der Waals surface area contributed by atoms with Gasteiger partial charge in [-0.2, -0.15) is 0 Å². The van der Waals surface area contributed by atoms with Crippen molar-refractivity contribution in [2.45, 2.75) is 0 Å². The first kappa shape index (κ1) is 13.9. The zero-order valence-electron chi connectivity index (χ0n) is 11.7. The number of ether oxygens (including phenoxy) is 1. The average Bonchev–Trinajstić information content (AvgIpc) is 2.57. The lowest BCUT2D eigenvalue weighted by molar-refractivity contribution is 0.0546. The van der Waals surface area contributed by atoms with Crippen molar-refractivity contribution in [2.75, 3.05) is 6.61 Å². The maximum atomic E-state index is 12.7. The van der Waals surface area contributed by atoms with Gasteiger partial charge in [-0.3, -0.25) is 9.59 Å². The number of carbonyl (C=O) groups is 3. The molecule has 22 heavy (non-hydrogen) atoms. The van der Waals surface area contributed by atoms with Gasteiger partial charge >= 0.3 is 5.97 Å². The Labute approximate surface area is 127 Å². The van der Waals surface area contributed by atoms with Crippen LogP contribution in [0.25, 0.3) is 0 Å². The highest BCUT2D eigenvalue weighted by Gasteiger charge is 2.33. The van der Waals surface area contributed by atoms with Crippen LogP contribution in [0.15, 0.2) is 55.1 Å². The van der Waals surface area contributed by atoms with Crippen LogP contribution in [0.1, 0.15) is 42.2 Å². The van der Waals surface area contributed by atoms with Crippen LogP contribution in [-0.4, -0.2) is 24.1 Å². The fourth-order valence-electron chi connectivity index (χ4n) is 2.53. The molecule has 3 rings (SSSR count). The number of fused-ring (bicyclic) bond motifs is 2. The Hall–Kier alpha value is -3.01. The zero-order chi connectivity index (χ0) is 15.7. The van der Waals surface area contributed by atoms with E-state index >= 15 is 0 Å². The van der Waals surface area contributed by atoms with E-state index in [1.165, 1.54) is 12.1 Å². The third-order valence-corrected chi connectivity index (χ3v) is 3.50. The first-order valence-corrected chi connectivity index (χ1v) is 6.74. The number of carbonyl (C=O) groups excluding carboxylic acids is 3. The molecule has 1 aliphatic rings. The first-order chi connectivity index (χ1) is 10.6. The minimum absolute atomic E-state index is 0.0429. The highest BCUT2D eigenvalue weighted by atomic mass is 16.5. The Morgan fingerprint density at radius 3 is 2.27 bits per heavy atom. The summed E-state index contributed by atoms with van der Waals surface area (Å²) < 4.78 is 4.99. The molecule has 0 bridgehead atoms. The molecule has 0 heterocycles. The van der Waals surface area contributed by atoms with Gasteiger partial charge in [0.1, 0.15) is 6.61 Å². The van der Waals surface area contributed by atoms with Gasteiger partial charge in [0.2, 0.25) is 0 Å². The first-order valence-electron chi connectivity index (χ1n) is 6.74. The van der Waals surface area contributed by atoms with Gasteiger partial charge in [0.25, 0.3) is 0 Å². The van der Waals surface area contributed by atoms with Crippen molar-refractivity contribution in [1.82, 2.24) is 0 Å². The molecular weight excluding hydrogens is 280 g/mol. The predicted octanol–water partition coefficient (Wildman–Crippen LogP) is 2.80. The number of ketones is 2. The smallest absolute Gasteiger partial charge is 0.339 e. The molecule has 0 spiro atoms. The normalized spacial score (nSPS) is 12.4. The largest absolute Gasteiger partial charge is 0.458 e. The number of rotatable bonds is 3. The molecule has 0 saturated carbocycles. The molecule has 0 radical (unpaired) electrons. The second kappa shape index (κ2) is 5.41. The Bertz CT molecular complexity index is 818. The quantitative estimate of drug-likeness (QED) is 0.550. The maximum absolute atomic E-state index is 12.7. The fourth-order valence-corrected chi connectivity index (χ4v) is 2.53. The molecule has 0 fully saturated rings. The van der Waals surface area contributed by atoms with Gasteiger partial charge in [0, 0.05) is 22.3 Å². The summed E-state index contributed by atoms with van der Waals surface area (Å²) in [7, 11) is 0. The van der Waals surface area contributed by atoms with Crippen molar-refractivity contribution in [1.29, 1.82) is 0 Å². The molecule has 4 heteroatoms. The van der Waals surface area contributed by atoms with Crippen molar-refractivity contribution in [3.8, 4) is 0 Å². The molecule has 0 atom stereocenters. The molecular formula is C18H12O4. The topological polar surface area (TPSA) is 60.4 Å². The van der Waals surface area contributed by atoms with E-state index in [2.05, 4.69) is 6.58 Å². The van der Waals surface area contributed by atoms with Gasteiger partial charge in [0.05, 0.1) is 5.56 Å². The van der Waals surface area contributed by atoms with E-state index in [9.17, 15) is 14.4 Å². The number of hydrogen-bond acceptors (Lipinski definition) is 4. The summed E-state index contributed by atoms with van der Waals surface area (Å²) in [6.45, 7) is 3.52. The minimum Gasteiger partial charge on any atom is -0.458 e. The lowest BCUT2D eigenvalue weighted by Crippen LogP contribution is -2.24. The lowest BCUT2D eigenvalue weighted by Gasteiger charge is -2.19. The highest BCUT2D eigenvalue weighted by molar-refractivity contribution is 6.30. The standard InChI is InChI=1S/C18H12O4/c1-2-10-22-18(21)14-9-5-8-13-15(14)17(20)12-7-4-3-6-11(12)16(13)19/h2-9H,1,10H2. The Balaban J connectivity index is 2.17. The molecule has 0 unspecified atom stereocenters. The van der Waals surface area contributed by atoms with E-state index in [1.807, 2.05) is 0 Å². The second-order valence-corrected chi connectivity index (χ2v) is 4.82. The van der Waals surface area contributed by atoms with Gasteiger partial charge in [-0.05, 0) is 6.07 Å². The molecule has 0 saturated heterocycles. The van der Waals surface area contributed by atoms with Crippen LogP contribution in [0.5, 0.6) is 0 Å². The summed E-state index contributed by atoms with van der Waals surface area (Å²) in [6.07, 6.45) is 1.44. The monoisotopic (exact) mass is 292 g/mol. The minimum atomic E-state index is -0.641. The molecule has 0 N–H and O–H groups in total. The summed E-state index contributed by atoms with van der Waals surface area (Å²) >= 11 is 0. The van der Waals surface area contributed by atoms with E-state index in [-0.39, 0.29) is 34.9 Å². The number of hydrogen-bond donors (Lipinski definition) is 0. The number of benzene rings is 2. The summed E-state index contributed by atoms with van der Waals surface area (Å²) in [5.74, 6) is -1.24. The summed E-state index contributed by atoms with van der Waals surface area (Å²) in [6, 6.07) is 11.2. The molecule has 0 aromatic heterocycles. The van der Waals surface area contributed by atoms with Crippen LogP contribution in [0.4, 0.5) is 0 Å². The fraction of sp³-hybridized carbons (Fsp3) is 0.0556. The van der Waals surface area contributed by atoms with Crippen molar-refractivity contribution < 1.29 is 19.1 Å². The van der Waals surface area contributed by atoms with Crippen molar-refractivity contribution in [3.63, 3.8) is 0 Å². The average molecular weight is 292 g/mol. The third-order valence-electron chi connectivity index (χ3n) is 3.50. The van der Waals surface area contributed by atoms with Crippen molar-refractivity contribution in [2.24, 2.45) is 0 Å². The van der Waals surface area contributed by atoms with E-state index in [1.54, 1.807) is 36.4 Å². The van der Waals surface area contributed by atoms with E-state index in [0.29, 0.717) is 11.1 Å². The van der Waals surface area contributed by atoms with Crippen molar-refractivity contribution >= 4 is 17.5 Å². The van der Waals surface area contributed by atoms with Gasteiger partial charge in [-0.25, -0.2) is 4.79 Å². The van der Waals surface area contributed by atoms with Crippen LogP contribution in [-0.2, 0) is 4.74 Å². The molecule has 2 aromatic rings. The van der Waals surface area contributed by atoms with E-state index in [4.69, 9.17) is 4.74 Å². The number of esters is 1. The van der Waals surface area contributed by atoms with Crippen LogP contribution >= 0.6 is 0 Å². The van der Waals surface area contributed by atoms with Crippen LogP contribution in [0, 0.1) is 0 Å². The molecule has 0 amide bonds. The molecule has 2 aromatic carbocycles. The van der Waals surface area contributed by atoms with Crippen LogP contribution < -0.4 is 0 Å².